The molecule has 1 unspecified atom stereocenters. The average Bonchev–Trinajstić information content (AvgIpc) is 2.90. The number of piperidine rings is 1. The number of nitrogens with one attached hydrogen (secondary N) is 1. The molecule has 4 aromatic rings. The minimum atomic E-state index is -3.53. The summed E-state index contributed by atoms with van der Waals surface area (Å²) in [5.41, 5.74) is 5.37. The van der Waals surface area contributed by atoms with Gasteiger partial charge in [0.1, 0.15) is 6.33 Å². The minimum absolute atomic E-state index is 0.114. The summed E-state index contributed by atoms with van der Waals surface area (Å²) < 4.78 is 28.3. The van der Waals surface area contributed by atoms with Gasteiger partial charge in [-0.3, -0.25) is 0 Å². The van der Waals surface area contributed by atoms with Gasteiger partial charge in [0.2, 0.25) is 10.0 Å². The van der Waals surface area contributed by atoms with Crippen LogP contribution in [-0.2, 0) is 10.0 Å². The SMILES string of the molecule is O=S(=O)(c1ccc(-c2ccccc2)cc1)N1C[C@@H]2N[C@H](C1)C2c1ccc(-c2cncnc2)cc1. The van der Waals surface area contributed by atoms with Crippen molar-refractivity contribution in [2.45, 2.75) is 22.9 Å². The molecular weight excluding hydrogens is 444 g/mol. The van der Waals surface area contributed by atoms with Crippen LogP contribution >= 0.6 is 0 Å². The van der Waals surface area contributed by atoms with E-state index in [0.29, 0.717) is 23.9 Å². The van der Waals surface area contributed by atoms with Crippen LogP contribution in [0.15, 0.2) is 102 Å². The minimum Gasteiger partial charge on any atom is -0.307 e. The van der Waals surface area contributed by atoms with E-state index in [1.807, 2.05) is 42.5 Å². The first-order valence-corrected chi connectivity index (χ1v) is 12.8. The third-order valence-corrected chi connectivity index (χ3v) is 8.73. The molecule has 0 aliphatic carbocycles. The van der Waals surface area contributed by atoms with Gasteiger partial charge in [-0.2, -0.15) is 4.31 Å². The topological polar surface area (TPSA) is 75.2 Å². The lowest BCUT2D eigenvalue weighted by Gasteiger charge is -2.54. The fourth-order valence-electron chi connectivity index (χ4n) is 5.10. The standard InChI is InChI=1S/C27H24N4O2S/c32-34(33,24-12-10-20(11-13-24)19-4-2-1-3-5-19)31-16-25-27(26(17-31)30-25)22-8-6-21(7-9-22)23-14-28-18-29-15-23/h1-15,18,25-27,30H,16-17H2/t25-,26+,27?. The highest BCUT2D eigenvalue weighted by atomic mass is 32.2. The number of aromatic nitrogens is 2. The number of benzene rings is 3. The fraction of sp³-hybridized carbons (Fsp3) is 0.185. The van der Waals surface area contributed by atoms with Crippen molar-refractivity contribution < 1.29 is 8.42 Å². The molecule has 3 aliphatic rings. The Hall–Kier alpha value is -3.39. The van der Waals surface area contributed by atoms with E-state index in [2.05, 4.69) is 39.6 Å². The highest BCUT2D eigenvalue weighted by Crippen LogP contribution is 2.39. The molecular formula is C27H24N4O2S. The van der Waals surface area contributed by atoms with Crippen LogP contribution in [-0.4, -0.2) is 47.9 Å². The van der Waals surface area contributed by atoms with Crippen LogP contribution < -0.4 is 5.32 Å². The van der Waals surface area contributed by atoms with Crippen molar-refractivity contribution in [3.63, 3.8) is 0 Å². The lowest BCUT2D eigenvalue weighted by Crippen LogP contribution is -2.72. The first kappa shape index (κ1) is 21.2. The Balaban J connectivity index is 1.16. The Morgan fingerprint density at radius 2 is 1.26 bits per heavy atom. The summed E-state index contributed by atoms with van der Waals surface area (Å²) in [4.78, 5) is 8.52. The quantitative estimate of drug-likeness (QED) is 0.480. The van der Waals surface area contributed by atoms with Crippen LogP contribution in [0.25, 0.3) is 22.3 Å². The van der Waals surface area contributed by atoms with Crippen molar-refractivity contribution in [3.8, 4) is 22.3 Å². The molecule has 3 saturated heterocycles. The molecule has 7 rings (SSSR count). The predicted octanol–water partition coefficient (Wildman–Crippen LogP) is 3.94. The van der Waals surface area contributed by atoms with Crippen molar-refractivity contribution in [1.82, 2.24) is 19.6 Å². The summed E-state index contributed by atoms with van der Waals surface area (Å²) in [5.74, 6) is 0.313. The summed E-state index contributed by atoms with van der Waals surface area (Å²) in [6, 6.07) is 25.9. The smallest absolute Gasteiger partial charge is 0.243 e. The maximum absolute atomic E-state index is 13.3. The first-order chi connectivity index (χ1) is 16.6. The van der Waals surface area contributed by atoms with Gasteiger partial charge >= 0.3 is 0 Å². The van der Waals surface area contributed by atoms with E-state index in [1.54, 1.807) is 28.8 Å². The van der Waals surface area contributed by atoms with E-state index < -0.39 is 10.0 Å². The summed E-state index contributed by atoms with van der Waals surface area (Å²) in [7, 11) is -3.53. The Morgan fingerprint density at radius 3 is 1.91 bits per heavy atom. The predicted molar refractivity (Wildman–Crippen MR) is 132 cm³/mol. The van der Waals surface area contributed by atoms with Crippen LogP contribution in [0.4, 0.5) is 0 Å². The molecule has 3 aliphatic heterocycles. The van der Waals surface area contributed by atoms with Gasteiger partial charge in [0.25, 0.3) is 0 Å². The second-order valence-electron chi connectivity index (χ2n) is 8.87. The number of piperazine rings is 1. The zero-order valence-corrected chi connectivity index (χ0v) is 19.3. The van der Waals surface area contributed by atoms with Gasteiger partial charge in [0.15, 0.2) is 0 Å². The third-order valence-electron chi connectivity index (χ3n) is 6.88. The summed E-state index contributed by atoms with van der Waals surface area (Å²) in [6.45, 7) is 0.941. The number of sulfonamides is 1. The molecule has 0 spiro atoms. The van der Waals surface area contributed by atoms with Crippen LogP contribution in [0.1, 0.15) is 11.5 Å². The second-order valence-corrected chi connectivity index (χ2v) is 10.8. The van der Waals surface area contributed by atoms with Gasteiger partial charge in [-0.1, -0.05) is 66.7 Å². The monoisotopic (exact) mass is 468 g/mol. The summed E-state index contributed by atoms with van der Waals surface area (Å²) in [6.07, 6.45) is 5.13. The maximum Gasteiger partial charge on any atom is 0.243 e. The van der Waals surface area contributed by atoms with Crippen molar-refractivity contribution >= 4 is 10.0 Å². The molecule has 1 aromatic heterocycles. The van der Waals surface area contributed by atoms with Gasteiger partial charge in [-0.05, 0) is 34.4 Å². The van der Waals surface area contributed by atoms with E-state index in [0.717, 1.165) is 22.3 Å². The number of hydrogen-bond donors (Lipinski definition) is 1. The Bertz CT molecular complexity index is 1380. The molecule has 3 fully saturated rings. The van der Waals surface area contributed by atoms with E-state index >= 15 is 0 Å². The van der Waals surface area contributed by atoms with Crippen molar-refractivity contribution in [1.29, 1.82) is 0 Å². The highest BCUT2D eigenvalue weighted by Gasteiger charge is 2.49. The Morgan fingerprint density at radius 1 is 0.706 bits per heavy atom. The summed E-state index contributed by atoms with van der Waals surface area (Å²) in [5, 5.41) is 3.53. The zero-order chi connectivity index (χ0) is 23.1. The van der Waals surface area contributed by atoms with Crippen LogP contribution in [0.2, 0.25) is 0 Å². The highest BCUT2D eigenvalue weighted by molar-refractivity contribution is 7.89. The fourth-order valence-corrected chi connectivity index (χ4v) is 6.59. The third kappa shape index (κ3) is 3.72. The molecule has 0 radical (unpaired) electrons. The van der Waals surface area contributed by atoms with Gasteiger partial charge in [-0.15, -0.1) is 0 Å². The number of nitrogens with zero attached hydrogens (tertiary/aromatic N) is 3. The number of fused-ring (bicyclic) bond motifs is 2. The molecule has 3 atom stereocenters. The van der Waals surface area contributed by atoms with Gasteiger partial charge < -0.3 is 5.32 Å². The first-order valence-electron chi connectivity index (χ1n) is 11.4. The second kappa shape index (κ2) is 8.43. The molecule has 7 heteroatoms. The van der Waals surface area contributed by atoms with Crippen LogP contribution in [0, 0.1) is 0 Å². The lowest BCUT2D eigenvalue weighted by atomic mass is 9.75. The van der Waals surface area contributed by atoms with Crippen molar-refractivity contribution in [2.75, 3.05) is 13.1 Å². The molecule has 0 saturated carbocycles. The van der Waals surface area contributed by atoms with Gasteiger partial charge in [0, 0.05) is 49.0 Å². The normalized spacial score (nSPS) is 22.2. The van der Waals surface area contributed by atoms with E-state index in [4.69, 9.17) is 0 Å². The van der Waals surface area contributed by atoms with E-state index in [1.165, 1.54) is 11.9 Å². The zero-order valence-electron chi connectivity index (χ0n) is 18.5. The van der Waals surface area contributed by atoms with Crippen LogP contribution in [0.5, 0.6) is 0 Å². The molecule has 1 N–H and O–H groups in total. The number of rotatable bonds is 5. The molecule has 4 heterocycles. The van der Waals surface area contributed by atoms with E-state index in [9.17, 15) is 8.42 Å². The molecule has 3 aromatic carbocycles. The number of hydrogen-bond acceptors (Lipinski definition) is 5. The molecule has 34 heavy (non-hydrogen) atoms. The van der Waals surface area contributed by atoms with Gasteiger partial charge in [-0.25, -0.2) is 18.4 Å². The maximum atomic E-state index is 13.3. The Labute approximate surface area is 199 Å². The van der Waals surface area contributed by atoms with Crippen molar-refractivity contribution in [3.05, 3.63) is 103 Å². The van der Waals surface area contributed by atoms with Crippen molar-refractivity contribution in [2.24, 2.45) is 0 Å². The molecule has 0 amide bonds. The largest absolute Gasteiger partial charge is 0.307 e. The average molecular weight is 469 g/mol. The molecule has 2 bridgehead atoms. The van der Waals surface area contributed by atoms with Gasteiger partial charge in [0.05, 0.1) is 4.90 Å². The Kier molecular flexibility index (Phi) is 5.25. The van der Waals surface area contributed by atoms with E-state index in [-0.39, 0.29) is 12.1 Å². The molecule has 6 nitrogen and oxygen atoms in total. The lowest BCUT2D eigenvalue weighted by molar-refractivity contribution is 0.102. The van der Waals surface area contributed by atoms with Crippen LogP contribution in [0.3, 0.4) is 0 Å². The molecule has 170 valence electrons. The summed E-state index contributed by atoms with van der Waals surface area (Å²) >= 11 is 0.